The Morgan fingerprint density at radius 3 is 2.80 bits per heavy atom. The molecule has 0 radical (unpaired) electrons. The molecule has 0 aliphatic rings. The van der Waals surface area contributed by atoms with Crippen LogP contribution in [0.15, 0.2) is 18.2 Å². The van der Waals surface area contributed by atoms with Gasteiger partial charge in [-0.2, -0.15) is 0 Å². The van der Waals surface area contributed by atoms with Crippen molar-refractivity contribution in [3.63, 3.8) is 0 Å². The van der Waals surface area contributed by atoms with Crippen molar-refractivity contribution < 1.29 is 13.9 Å². The summed E-state index contributed by atoms with van der Waals surface area (Å²) < 4.78 is 18.2. The molecule has 82 valence electrons. The third-order valence-corrected chi connectivity index (χ3v) is 2.30. The Kier molecular flexibility index (Phi) is 4.09. The molecule has 0 spiro atoms. The number of rotatable bonds is 3. The van der Waals surface area contributed by atoms with Crippen LogP contribution in [0.4, 0.5) is 4.39 Å². The van der Waals surface area contributed by atoms with E-state index in [1.54, 1.807) is 19.9 Å². The first kappa shape index (κ1) is 12.0. The molecule has 0 N–H and O–H groups in total. The van der Waals surface area contributed by atoms with Crippen LogP contribution in [0, 0.1) is 5.82 Å². The Hall–Kier alpha value is -1.09. The topological polar surface area (TPSA) is 26.3 Å². The van der Waals surface area contributed by atoms with E-state index in [-0.39, 0.29) is 0 Å². The van der Waals surface area contributed by atoms with Gasteiger partial charge in [0.05, 0.1) is 12.5 Å². The predicted molar refractivity (Wildman–Crippen MR) is 56.5 cm³/mol. The second-order valence-corrected chi connectivity index (χ2v) is 3.58. The van der Waals surface area contributed by atoms with Gasteiger partial charge < -0.3 is 4.74 Å². The van der Waals surface area contributed by atoms with E-state index in [1.807, 2.05) is 0 Å². The molecule has 0 aliphatic heterocycles. The second kappa shape index (κ2) is 5.12. The quantitative estimate of drug-likeness (QED) is 0.746. The van der Waals surface area contributed by atoms with Crippen molar-refractivity contribution in [3.8, 4) is 0 Å². The number of ether oxygens (including phenoxy) is 1. The van der Waals surface area contributed by atoms with Gasteiger partial charge in [-0.05, 0) is 26.0 Å². The smallest absolute Gasteiger partial charge is 0.313 e. The number of hydrogen-bond acceptors (Lipinski definition) is 2. The lowest BCUT2D eigenvalue weighted by atomic mass is 10.0. The van der Waals surface area contributed by atoms with Crippen LogP contribution in [0.3, 0.4) is 0 Å². The van der Waals surface area contributed by atoms with Crippen LogP contribution in [0.1, 0.15) is 25.3 Å². The molecule has 0 fully saturated rings. The molecule has 1 aromatic carbocycles. The van der Waals surface area contributed by atoms with Crippen LogP contribution in [-0.4, -0.2) is 12.6 Å². The number of esters is 1. The first-order chi connectivity index (χ1) is 7.06. The fourth-order valence-electron chi connectivity index (χ4n) is 1.25. The van der Waals surface area contributed by atoms with Crippen LogP contribution in [0.5, 0.6) is 0 Å². The maximum Gasteiger partial charge on any atom is 0.313 e. The molecule has 1 atom stereocenters. The Labute approximate surface area is 93.0 Å². The van der Waals surface area contributed by atoms with E-state index < -0.39 is 17.7 Å². The SMILES string of the molecule is CCOC(=O)C(C)c1ccc(Cl)cc1F. The minimum absolute atomic E-state index is 0.290. The molecule has 0 heterocycles. The maximum atomic E-state index is 13.4. The largest absolute Gasteiger partial charge is 0.466 e. The molecule has 4 heteroatoms. The zero-order chi connectivity index (χ0) is 11.4. The predicted octanol–water partition coefficient (Wildman–Crippen LogP) is 3.15. The molecule has 2 nitrogen and oxygen atoms in total. The standard InChI is InChI=1S/C11H12ClFO2/c1-3-15-11(14)7(2)9-5-4-8(12)6-10(9)13/h4-7H,3H2,1-2H3. The van der Waals surface area contributed by atoms with Gasteiger partial charge >= 0.3 is 5.97 Å². The minimum atomic E-state index is -0.609. The molecule has 1 rings (SSSR count). The van der Waals surface area contributed by atoms with Gasteiger partial charge in [-0.15, -0.1) is 0 Å². The average Bonchev–Trinajstić information content (AvgIpc) is 2.17. The number of carbonyl (C=O) groups is 1. The summed E-state index contributed by atoms with van der Waals surface area (Å²) in [6.45, 7) is 3.60. The molecule has 0 saturated carbocycles. The zero-order valence-corrected chi connectivity index (χ0v) is 9.34. The van der Waals surface area contributed by atoms with E-state index in [9.17, 15) is 9.18 Å². The van der Waals surface area contributed by atoms with E-state index in [0.717, 1.165) is 0 Å². The third kappa shape index (κ3) is 2.93. The summed E-state index contributed by atoms with van der Waals surface area (Å²) in [5.41, 5.74) is 0.304. The van der Waals surface area contributed by atoms with Crippen molar-refractivity contribution in [2.45, 2.75) is 19.8 Å². The molecule has 0 aliphatic carbocycles. The summed E-state index contributed by atoms with van der Waals surface area (Å²) in [5, 5.41) is 0.312. The van der Waals surface area contributed by atoms with Gasteiger partial charge in [0.15, 0.2) is 0 Å². The Balaban J connectivity index is 2.91. The lowest BCUT2D eigenvalue weighted by molar-refractivity contribution is -0.144. The molecule has 0 saturated heterocycles. The van der Waals surface area contributed by atoms with E-state index in [4.69, 9.17) is 16.3 Å². The molecule has 1 aromatic rings. The van der Waals surface area contributed by atoms with Crippen molar-refractivity contribution in [3.05, 3.63) is 34.6 Å². The van der Waals surface area contributed by atoms with Crippen molar-refractivity contribution >= 4 is 17.6 Å². The molecular formula is C11H12ClFO2. The summed E-state index contributed by atoms with van der Waals surface area (Å²) in [6, 6.07) is 4.24. The van der Waals surface area contributed by atoms with Gasteiger partial charge in [0.1, 0.15) is 5.82 Å². The van der Waals surface area contributed by atoms with Gasteiger partial charge in [0.25, 0.3) is 0 Å². The van der Waals surface area contributed by atoms with E-state index in [0.29, 0.717) is 17.2 Å². The van der Waals surface area contributed by atoms with Gasteiger partial charge in [-0.1, -0.05) is 17.7 Å². The summed E-state index contributed by atoms with van der Waals surface area (Å²) in [7, 11) is 0. The van der Waals surface area contributed by atoms with Crippen LogP contribution in [-0.2, 0) is 9.53 Å². The maximum absolute atomic E-state index is 13.4. The van der Waals surface area contributed by atoms with Gasteiger partial charge in [0.2, 0.25) is 0 Å². The van der Waals surface area contributed by atoms with Crippen LogP contribution < -0.4 is 0 Å². The molecule has 0 aromatic heterocycles. The van der Waals surface area contributed by atoms with Gasteiger partial charge in [-0.25, -0.2) is 4.39 Å². The monoisotopic (exact) mass is 230 g/mol. The highest BCUT2D eigenvalue weighted by molar-refractivity contribution is 6.30. The molecule has 15 heavy (non-hydrogen) atoms. The Morgan fingerprint density at radius 2 is 2.27 bits per heavy atom. The van der Waals surface area contributed by atoms with Crippen LogP contribution >= 0.6 is 11.6 Å². The highest BCUT2D eigenvalue weighted by atomic mass is 35.5. The van der Waals surface area contributed by atoms with Crippen molar-refractivity contribution in [1.29, 1.82) is 0 Å². The van der Waals surface area contributed by atoms with E-state index >= 15 is 0 Å². The van der Waals surface area contributed by atoms with Gasteiger partial charge in [-0.3, -0.25) is 4.79 Å². The number of halogens is 2. The molecule has 1 unspecified atom stereocenters. The van der Waals surface area contributed by atoms with Crippen LogP contribution in [0.2, 0.25) is 5.02 Å². The number of hydrogen-bond donors (Lipinski definition) is 0. The highest BCUT2D eigenvalue weighted by Gasteiger charge is 2.19. The second-order valence-electron chi connectivity index (χ2n) is 3.14. The Morgan fingerprint density at radius 1 is 1.60 bits per heavy atom. The lowest BCUT2D eigenvalue weighted by Gasteiger charge is -2.11. The van der Waals surface area contributed by atoms with Gasteiger partial charge in [0, 0.05) is 10.6 Å². The lowest BCUT2D eigenvalue weighted by Crippen LogP contribution is -2.14. The number of benzene rings is 1. The number of carbonyl (C=O) groups excluding carboxylic acids is 1. The first-order valence-corrected chi connectivity index (χ1v) is 5.05. The summed E-state index contributed by atoms with van der Waals surface area (Å²) in [4.78, 5) is 11.4. The van der Waals surface area contributed by atoms with Crippen molar-refractivity contribution in [2.75, 3.05) is 6.61 Å². The average molecular weight is 231 g/mol. The fraction of sp³-hybridized carbons (Fsp3) is 0.364. The molecule has 0 amide bonds. The van der Waals surface area contributed by atoms with E-state index in [2.05, 4.69) is 0 Å². The fourth-order valence-corrected chi connectivity index (χ4v) is 1.41. The molecular weight excluding hydrogens is 219 g/mol. The zero-order valence-electron chi connectivity index (χ0n) is 8.59. The Bertz CT molecular complexity index is 366. The summed E-state index contributed by atoms with van der Waals surface area (Å²) in [6.07, 6.45) is 0. The van der Waals surface area contributed by atoms with Crippen LogP contribution in [0.25, 0.3) is 0 Å². The highest BCUT2D eigenvalue weighted by Crippen LogP contribution is 2.23. The van der Waals surface area contributed by atoms with Crippen molar-refractivity contribution in [1.82, 2.24) is 0 Å². The summed E-state index contributed by atoms with van der Waals surface area (Å²) >= 11 is 5.61. The molecule has 0 bridgehead atoms. The third-order valence-electron chi connectivity index (χ3n) is 2.07. The normalized spacial score (nSPS) is 12.3. The van der Waals surface area contributed by atoms with Crippen molar-refractivity contribution in [2.24, 2.45) is 0 Å². The summed E-state index contributed by atoms with van der Waals surface area (Å²) in [5.74, 6) is -1.52. The first-order valence-electron chi connectivity index (χ1n) is 4.67. The minimum Gasteiger partial charge on any atom is -0.466 e. The van der Waals surface area contributed by atoms with E-state index in [1.165, 1.54) is 12.1 Å².